The Labute approximate surface area is 89.5 Å². The fraction of sp³-hybridized carbons (Fsp3) is 0.800. The molecule has 12 heavy (non-hydrogen) atoms. The van der Waals surface area contributed by atoms with Gasteiger partial charge in [0.2, 0.25) is 0 Å². The van der Waals surface area contributed by atoms with Crippen LogP contribution in [0.25, 0.3) is 0 Å². The van der Waals surface area contributed by atoms with E-state index in [1.807, 2.05) is 0 Å². The van der Waals surface area contributed by atoms with Gasteiger partial charge in [-0.25, -0.2) is 0 Å². The molecule has 0 amide bonds. The SMILES string of the molecule is CO[Si](OC)(OC)SC(C)=O.[LiH]. The van der Waals surface area contributed by atoms with Crippen LogP contribution in [0.15, 0.2) is 0 Å². The Bertz CT molecular complexity index is 133. The van der Waals surface area contributed by atoms with Crippen LogP contribution in [0, 0.1) is 0 Å². The molecule has 0 aromatic carbocycles. The first-order chi connectivity index (χ1) is 5.10. The molecule has 0 unspecified atom stereocenters. The zero-order valence-electron chi connectivity index (χ0n) is 7.04. The summed E-state index contributed by atoms with van der Waals surface area (Å²) in [6.45, 7) is 1.45. The van der Waals surface area contributed by atoms with Crippen LogP contribution >= 0.6 is 11.2 Å². The molecule has 0 heterocycles. The Hall–Kier alpha value is 0.714. The minimum atomic E-state index is -2.71. The maximum atomic E-state index is 10.7. The molecule has 0 atom stereocenters. The Morgan fingerprint density at radius 2 is 1.50 bits per heavy atom. The molecule has 0 aromatic rings. The van der Waals surface area contributed by atoms with Crippen molar-refractivity contribution in [3.63, 3.8) is 0 Å². The van der Waals surface area contributed by atoms with E-state index < -0.39 is 7.95 Å². The van der Waals surface area contributed by atoms with Gasteiger partial charge in [-0.1, -0.05) is 0 Å². The molecule has 0 N–H and O–H groups in total. The van der Waals surface area contributed by atoms with Gasteiger partial charge in [-0.3, -0.25) is 4.79 Å². The first-order valence-electron chi connectivity index (χ1n) is 2.95. The molecule has 0 aromatic heterocycles. The maximum absolute atomic E-state index is 10.7. The van der Waals surface area contributed by atoms with Crippen molar-refractivity contribution in [1.29, 1.82) is 0 Å². The number of hydrogen-bond acceptors (Lipinski definition) is 5. The number of rotatable bonds is 4. The fourth-order valence-corrected chi connectivity index (χ4v) is 3.46. The van der Waals surface area contributed by atoms with Crippen molar-refractivity contribution < 1.29 is 18.1 Å². The van der Waals surface area contributed by atoms with Gasteiger partial charge in [0.15, 0.2) is 5.12 Å². The van der Waals surface area contributed by atoms with Gasteiger partial charge in [-0.15, -0.1) is 0 Å². The first-order valence-corrected chi connectivity index (χ1v) is 6.22. The van der Waals surface area contributed by atoms with E-state index in [9.17, 15) is 4.79 Å². The third-order valence-corrected chi connectivity index (χ3v) is 6.17. The van der Waals surface area contributed by atoms with Gasteiger partial charge in [0, 0.05) is 28.3 Å². The van der Waals surface area contributed by atoms with E-state index >= 15 is 0 Å². The second kappa shape index (κ2) is 7.15. The van der Waals surface area contributed by atoms with Crippen LogP contribution < -0.4 is 0 Å². The van der Waals surface area contributed by atoms with Crippen LogP contribution in [0.4, 0.5) is 0 Å². The summed E-state index contributed by atoms with van der Waals surface area (Å²) in [4.78, 5) is 10.7. The minimum absolute atomic E-state index is 0. The van der Waals surface area contributed by atoms with E-state index in [1.165, 1.54) is 28.3 Å². The molecule has 68 valence electrons. The summed E-state index contributed by atoms with van der Waals surface area (Å²) < 4.78 is 15.0. The standard InChI is InChI=1S/C5H12O4SSi.Li.H/c1-5(6)10-11(7-2,8-3)9-4;;/h1-4H3;;. The van der Waals surface area contributed by atoms with Gasteiger partial charge in [0.25, 0.3) is 0 Å². The van der Waals surface area contributed by atoms with Crippen LogP contribution in [0.3, 0.4) is 0 Å². The van der Waals surface area contributed by atoms with Gasteiger partial charge in [0.1, 0.15) is 0 Å². The molecule has 0 spiro atoms. The van der Waals surface area contributed by atoms with Crippen molar-refractivity contribution in [2.45, 2.75) is 6.92 Å². The number of hydrogen-bond donors (Lipinski definition) is 0. The van der Waals surface area contributed by atoms with Crippen molar-refractivity contribution in [3.8, 4) is 0 Å². The van der Waals surface area contributed by atoms with Crippen molar-refractivity contribution >= 4 is 43.1 Å². The molecular weight excluding hydrogens is 191 g/mol. The average Bonchev–Trinajstić information content (AvgIpc) is 2.00. The molecule has 7 heteroatoms. The Morgan fingerprint density at radius 3 is 1.58 bits per heavy atom. The summed E-state index contributed by atoms with van der Waals surface area (Å²) in [6.07, 6.45) is 0. The van der Waals surface area contributed by atoms with Crippen LogP contribution in [-0.2, 0) is 18.1 Å². The molecule has 4 nitrogen and oxygen atoms in total. The van der Waals surface area contributed by atoms with E-state index in [4.69, 9.17) is 13.3 Å². The summed E-state index contributed by atoms with van der Waals surface area (Å²) >= 11 is 0.980. The molecule has 0 rings (SSSR count). The van der Waals surface area contributed by atoms with Gasteiger partial charge >= 0.3 is 26.8 Å². The Balaban J connectivity index is 0. The molecule has 0 saturated heterocycles. The molecular formula is C5H13LiO4SSi. The third kappa shape index (κ3) is 4.67. The molecule has 0 fully saturated rings. The Morgan fingerprint density at radius 1 is 1.17 bits per heavy atom. The summed E-state index contributed by atoms with van der Waals surface area (Å²) in [6, 6.07) is 0. The molecule has 0 aliphatic heterocycles. The van der Waals surface area contributed by atoms with Gasteiger partial charge in [-0.05, 0) is 11.2 Å². The quantitative estimate of drug-likeness (QED) is 0.603. The van der Waals surface area contributed by atoms with Crippen molar-refractivity contribution in [2.24, 2.45) is 0 Å². The van der Waals surface area contributed by atoms with Crippen LogP contribution in [-0.4, -0.2) is 53.3 Å². The zero-order valence-corrected chi connectivity index (χ0v) is 8.86. The van der Waals surface area contributed by atoms with Crippen LogP contribution in [0.2, 0.25) is 0 Å². The second-order valence-electron chi connectivity index (χ2n) is 1.71. The van der Waals surface area contributed by atoms with E-state index in [0.29, 0.717) is 0 Å². The van der Waals surface area contributed by atoms with Gasteiger partial charge in [-0.2, -0.15) is 0 Å². The predicted octanol–water partition coefficient (Wildman–Crippen LogP) is -0.00760. The summed E-state index contributed by atoms with van der Waals surface area (Å²) in [5.74, 6) is 0. The van der Waals surface area contributed by atoms with E-state index in [2.05, 4.69) is 0 Å². The van der Waals surface area contributed by atoms with E-state index in [1.54, 1.807) is 0 Å². The van der Waals surface area contributed by atoms with Crippen LogP contribution in [0.5, 0.6) is 0 Å². The van der Waals surface area contributed by atoms with Crippen molar-refractivity contribution in [3.05, 3.63) is 0 Å². The van der Waals surface area contributed by atoms with Crippen molar-refractivity contribution in [1.82, 2.24) is 0 Å². The summed E-state index contributed by atoms with van der Waals surface area (Å²) in [7, 11) is 1.69. The number of carbonyl (C=O) groups excluding carboxylic acids is 1. The van der Waals surface area contributed by atoms with E-state index in [0.717, 1.165) is 11.2 Å². The monoisotopic (exact) mass is 204 g/mol. The van der Waals surface area contributed by atoms with Gasteiger partial charge in [0.05, 0.1) is 0 Å². The van der Waals surface area contributed by atoms with Crippen molar-refractivity contribution in [2.75, 3.05) is 21.3 Å². The summed E-state index contributed by atoms with van der Waals surface area (Å²) in [5.41, 5.74) is 0. The fourth-order valence-electron chi connectivity index (χ4n) is 0.551. The zero-order chi connectivity index (χ0) is 8.91. The Kier molecular flexibility index (Phi) is 9.06. The first kappa shape index (κ1) is 15.2. The average molecular weight is 204 g/mol. The van der Waals surface area contributed by atoms with Gasteiger partial charge < -0.3 is 13.3 Å². The normalized spacial score (nSPS) is 10.7. The predicted molar refractivity (Wildman–Crippen MR) is 52.2 cm³/mol. The molecule has 0 radical (unpaired) electrons. The second-order valence-corrected chi connectivity index (χ2v) is 6.82. The molecule has 0 aliphatic rings. The topological polar surface area (TPSA) is 44.8 Å². The third-order valence-electron chi connectivity index (χ3n) is 1.02. The summed E-state index contributed by atoms with van der Waals surface area (Å²) in [5, 5.41) is -0.0674. The van der Waals surface area contributed by atoms with E-state index in [-0.39, 0.29) is 24.0 Å². The number of carbonyl (C=O) groups is 1. The molecule has 0 saturated carbocycles. The molecule has 0 aliphatic carbocycles. The molecule has 0 bridgehead atoms. The van der Waals surface area contributed by atoms with Crippen LogP contribution in [0.1, 0.15) is 6.92 Å².